The zero-order valence-electron chi connectivity index (χ0n) is 2.43. The molecule has 0 amide bonds. The summed E-state index contributed by atoms with van der Waals surface area (Å²) in [7, 11) is 0. The van der Waals surface area contributed by atoms with E-state index in [0.717, 1.165) is 0 Å². The van der Waals surface area contributed by atoms with Gasteiger partial charge in [0, 0.05) is 34.3 Å². The third-order valence-corrected chi connectivity index (χ3v) is 0. The standard InChI is InChI=1S/CH2S2.Na/c2-1-3;/h1H,(H,2,3);. The first-order chi connectivity index (χ1) is 1.41. The van der Waals surface area contributed by atoms with Gasteiger partial charge in [-0.1, -0.05) is 12.2 Å². The van der Waals surface area contributed by atoms with Crippen molar-refractivity contribution < 1.29 is 0 Å². The Hall–Kier alpha value is 1.44. The van der Waals surface area contributed by atoms with Gasteiger partial charge in [-0.25, -0.2) is 0 Å². The third-order valence-electron chi connectivity index (χ3n) is 0. The monoisotopic (exact) mass is 101 g/mol. The van der Waals surface area contributed by atoms with Gasteiger partial charge in [-0.05, 0) is 0 Å². The third kappa shape index (κ3) is 9.88. The molecule has 0 nitrogen and oxygen atoms in total. The number of thiocarbonyl (C=S) groups is 1. The first-order valence-electron chi connectivity index (χ1n) is 0.494. The summed E-state index contributed by atoms with van der Waals surface area (Å²) in [5.41, 5.74) is 0. The molecule has 0 saturated carbocycles. The molecule has 0 aromatic rings. The van der Waals surface area contributed by atoms with Crippen LogP contribution in [0, 0.1) is 0 Å². The van der Waals surface area contributed by atoms with Crippen molar-refractivity contribution >= 4 is 59.1 Å². The van der Waals surface area contributed by atoms with E-state index in [2.05, 4.69) is 24.8 Å². The summed E-state index contributed by atoms with van der Waals surface area (Å²) < 4.78 is 1.28. The molecule has 0 aromatic carbocycles. The number of hydrogen-bond donors (Lipinski definition) is 1. The van der Waals surface area contributed by atoms with Gasteiger partial charge >= 0.3 is 0 Å². The molecule has 0 bridgehead atoms. The Morgan fingerprint density at radius 1 is 1.75 bits per heavy atom. The van der Waals surface area contributed by atoms with E-state index in [4.69, 9.17) is 0 Å². The van der Waals surface area contributed by atoms with Gasteiger partial charge in [-0.3, -0.25) is 0 Å². The summed E-state index contributed by atoms with van der Waals surface area (Å²) in [5, 5.41) is 0. The minimum Gasteiger partial charge on any atom is -0.140 e. The van der Waals surface area contributed by atoms with Crippen LogP contribution in [-0.2, 0) is 0 Å². The predicted octanol–water partition coefficient (Wildman–Crippen LogP) is 0.493. The minimum absolute atomic E-state index is 0. The van der Waals surface area contributed by atoms with Crippen LogP contribution in [0.5, 0.6) is 0 Å². The van der Waals surface area contributed by atoms with Crippen molar-refractivity contribution in [1.29, 1.82) is 0 Å². The SMILES string of the molecule is S=CS.[Na]. The van der Waals surface area contributed by atoms with Gasteiger partial charge in [0.2, 0.25) is 0 Å². The van der Waals surface area contributed by atoms with Crippen molar-refractivity contribution in [2.24, 2.45) is 0 Å². The van der Waals surface area contributed by atoms with Gasteiger partial charge in [0.15, 0.2) is 0 Å². The van der Waals surface area contributed by atoms with Gasteiger partial charge in [-0.2, -0.15) is 0 Å². The maximum atomic E-state index is 4.13. The van der Waals surface area contributed by atoms with Crippen LogP contribution in [0.4, 0.5) is 0 Å². The normalized spacial score (nSPS) is 3.25. The molecular weight excluding hydrogens is 99.1 g/mol. The van der Waals surface area contributed by atoms with Gasteiger partial charge < -0.3 is 0 Å². The average molecular weight is 101 g/mol. The second-order valence-corrected chi connectivity index (χ2v) is 0.949. The quantitative estimate of drug-likeness (QED) is 0.263. The van der Waals surface area contributed by atoms with Gasteiger partial charge in [0.05, 0.1) is 0 Å². The Morgan fingerprint density at radius 2 is 1.75 bits per heavy atom. The van der Waals surface area contributed by atoms with Crippen LogP contribution < -0.4 is 0 Å². The zero-order chi connectivity index (χ0) is 2.71. The van der Waals surface area contributed by atoms with Crippen molar-refractivity contribution in [2.45, 2.75) is 0 Å². The fraction of sp³-hybridized carbons (Fsp3) is 0. The Balaban J connectivity index is 0. The van der Waals surface area contributed by atoms with Crippen molar-refractivity contribution in [1.82, 2.24) is 0 Å². The molecule has 0 fully saturated rings. The molecule has 0 N–H and O–H groups in total. The van der Waals surface area contributed by atoms with E-state index in [1.807, 2.05) is 0 Å². The van der Waals surface area contributed by atoms with Crippen LogP contribution in [0.3, 0.4) is 0 Å². The molecule has 19 valence electrons. The number of rotatable bonds is 0. The van der Waals surface area contributed by atoms with E-state index < -0.39 is 0 Å². The minimum atomic E-state index is 0. The van der Waals surface area contributed by atoms with Crippen LogP contribution in [-0.4, -0.2) is 34.3 Å². The van der Waals surface area contributed by atoms with Gasteiger partial charge in [0.1, 0.15) is 0 Å². The second-order valence-electron chi connectivity index (χ2n) is 0.105. The van der Waals surface area contributed by atoms with Gasteiger partial charge in [0.25, 0.3) is 0 Å². The summed E-state index contributed by atoms with van der Waals surface area (Å²) in [6.45, 7) is 0. The smallest absolute Gasteiger partial charge is 0.0310 e. The van der Waals surface area contributed by atoms with Crippen LogP contribution in [0.2, 0.25) is 0 Å². The van der Waals surface area contributed by atoms with Crippen molar-refractivity contribution in [3.05, 3.63) is 0 Å². The van der Waals surface area contributed by atoms with Crippen molar-refractivity contribution in [3.8, 4) is 0 Å². The van der Waals surface area contributed by atoms with Crippen molar-refractivity contribution in [2.75, 3.05) is 0 Å². The Labute approximate surface area is 58.7 Å². The topological polar surface area (TPSA) is 0 Å². The molecule has 4 heavy (non-hydrogen) atoms. The van der Waals surface area contributed by atoms with E-state index in [0.29, 0.717) is 0 Å². The van der Waals surface area contributed by atoms with E-state index in [1.54, 1.807) is 0 Å². The maximum Gasteiger partial charge on any atom is 0.0310 e. The molecule has 0 atom stereocenters. The van der Waals surface area contributed by atoms with Gasteiger partial charge in [-0.15, -0.1) is 12.6 Å². The molecule has 3 heteroatoms. The molecular formula is CH2NaS2. The fourth-order valence-electron chi connectivity index (χ4n) is 0. The molecule has 0 aromatic heterocycles. The molecule has 1 radical (unpaired) electrons. The largest absolute Gasteiger partial charge is 0.140 e. The second kappa shape index (κ2) is 8.83. The molecule has 0 aliphatic carbocycles. The molecule has 0 saturated heterocycles. The Morgan fingerprint density at radius 3 is 1.75 bits per heavy atom. The van der Waals surface area contributed by atoms with E-state index in [9.17, 15) is 0 Å². The van der Waals surface area contributed by atoms with Crippen LogP contribution in [0.1, 0.15) is 0 Å². The molecule has 0 aliphatic rings. The zero-order valence-corrected chi connectivity index (χ0v) is 6.14. The predicted molar refractivity (Wildman–Crippen MR) is 28.4 cm³/mol. The Bertz CT molecular complexity index is 13.5. The maximum absolute atomic E-state index is 4.13. The van der Waals surface area contributed by atoms with Crippen molar-refractivity contribution in [3.63, 3.8) is 0 Å². The van der Waals surface area contributed by atoms with Crippen LogP contribution in [0.15, 0.2) is 0 Å². The summed E-state index contributed by atoms with van der Waals surface area (Å²) in [6, 6.07) is 0. The van der Waals surface area contributed by atoms with E-state index >= 15 is 0 Å². The molecule has 0 rings (SSSR count). The first kappa shape index (κ1) is 9.06. The molecule has 0 heterocycles. The van der Waals surface area contributed by atoms with E-state index in [1.165, 1.54) is 4.70 Å². The van der Waals surface area contributed by atoms with E-state index in [-0.39, 0.29) is 29.6 Å². The average Bonchev–Trinajstić information content (AvgIpc) is 0.918. The van der Waals surface area contributed by atoms with Crippen LogP contribution >= 0.6 is 24.8 Å². The first-order valence-corrected chi connectivity index (χ1v) is 1.48. The fourth-order valence-corrected chi connectivity index (χ4v) is 0. The molecule has 0 spiro atoms. The number of thiol groups is 1. The van der Waals surface area contributed by atoms with Crippen LogP contribution in [0.25, 0.3) is 0 Å². The summed E-state index contributed by atoms with van der Waals surface area (Å²) in [6.07, 6.45) is 0. The molecule has 0 aliphatic heterocycles. The summed E-state index contributed by atoms with van der Waals surface area (Å²) >= 11 is 7.61. The summed E-state index contributed by atoms with van der Waals surface area (Å²) in [4.78, 5) is 0. The number of hydrogen-bond acceptors (Lipinski definition) is 1. The summed E-state index contributed by atoms with van der Waals surface area (Å²) in [5.74, 6) is 0. The Kier molecular flexibility index (Phi) is 20.0. The molecule has 0 unspecified atom stereocenters.